The number of anilines is 1. The number of nitrogens with one attached hydrogen (secondary N) is 1. The lowest BCUT2D eigenvalue weighted by Crippen LogP contribution is -2.33. The van der Waals surface area contributed by atoms with Crippen molar-refractivity contribution < 1.29 is 18.3 Å². The van der Waals surface area contributed by atoms with Crippen LogP contribution in [-0.4, -0.2) is 64.8 Å². The Morgan fingerprint density at radius 1 is 1.63 bits per heavy atom. The Labute approximate surface area is 110 Å². The lowest BCUT2D eigenvalue weighted by molar-refractivity contribution is -0.131. The van der Waals surface area contributed by atoms with E-state index in [9.17, 15) is 18.3 Å². The molecule has 1 aromatic rings. The van der Waals surface area contributed by atoms with E-state index in [1.807, 2.05) is 0 Å². The number of aliphatic hydroxyl groups is 1. The number of sulfonamides is 1. The first kappa shape index (κ1) is 13.7. The van der Waals surface area contributed by atoms with Crippen LogP contribution in [0.25, 0.3) is 0 Å². The zero-order valence-electron chi connectivity index (χ0n) is 10.4. The average molecular weight is 289 g/mol. The largest absolute Gasteiger partial charge is 0.391 e. The molecule has 19 heavy (non-hydrogen) atoms. The molecule has 1 saturated heterocycles. The lowest BCUT2D eigenvalue weighted by Gasteiger charge is -2.14. The molecule has 1 amide bonds. The molecule has 2 N–H and O–H groups in total. The van der Waals surface area contributed by atoms with Crippen molar-refractivity contribution >= 4 is 21.7 Å². The highest BCUT2D eigenvalue weighted by Gasteiger charge is 2.24. The van der Waals surface area contributed by atoms with Gasteiger partial charge in [-0.2, -0.15) is 9.90 Å². The summed E-state index contributed by atoms with van der Waals surface area (Å²) < 4.78 is 24.1. The van der Waals surface area contributed by atoms with Gasteiger partial charge in [0.25, 0.3) is 0 Å². The summed E-state index contributed by atoms with van der Waals surface area (Å²) in [4.78, 5) is 14.5. The van der Waals surface area contributed by atoms with Crippen LogP contribution in [0.2, 0.25) is 0 Å². The monoisotopic (exact) mass is 289 g/mol. The molecule has 106 valence electrons. The van der Waals surface area contributed by atoms with Gasteiger partial charge in [-0.25, -0.2) is 8.42 Å². The fourth-order valence-corrected chi connectivity index (χ4v) is 2.27. The van der Waals surface area contributed by atoms with Crippen LogP contribution in [0, 0.1) is 0 Å². The fraction of sp³-hybridized carbons (Fsp3) is 0.667. The van der Waals surface area contributed by atoms with Crippen molar-refractivity contribution in [3.63, 3.8) is 0 Å². The van der Waals surface area contributed by atoms with E-state index < -0.39 is 16.1 Å². The second-order valence-electron chi connectivity index (χ2n) is 4.42. The van der Waals surface area contributed by atoms with Crippen LogP contribution in [0.5, 0.6) is 0 Å². The first-order chi connectivity index (χ1) is 8.83. The Kier molecular flexibility index (Phi) is 3.71. The van der Waals surface area contributed by atoms with Gasteiger partial charge in [0, 0.05) is 13.1 Å². The maximum absolute atomic E-state index is 11.8. The number of aliphatic hydroxyl groups excluding tert-OH is 1. The second kappa shape index (κ2) is 5.13. The van der Waals surface area contributed by atoms with E-state index in [4.69, 9.17) is 0 Å². The van der Waals surface area contributed by atoms with Gasteiger partial charge in [-0.15, -0.1) is 5.10 Å². The van der Waals surface area contributed by atoms with E-state index in [2.05, 4.69) is 14.9 Å². The molecule has 1 aliphatic rings. The van der Waals surface area contributed by atoms with Crippen molar-refractivity contribution in [1.29, 1.82) is 0 Å². The summed E-state index contributed by atoms with van der Waals surface area (Å²) in [6.45, 7) is 0.739. The molecule has 1 atom stereocenters. The average Bonchev–Trinajstić information content (AvgIpc) is 2.85. The first-order valence-electron chi connectivity index (χ1n) is 5.67. The summed E-state index contributed by atoms with van der Waals surface area (Å²) in [7, 11) is -3.41. The molecule has 2 rings (SSSR count). The molecule has 1 aromatic heterocycles. The molecule has 0 radical (unpaired) electrons. The van der Waals surface area contributed by atoms with Crippen LogP contribution in [0.1, 0.15) is 6.42 Å². The minimum atomic E-state index is -3.41. The summed E-state index contributed by atoms with van der Waals surface area (Å²) in [6.07, 6.45) is 2.33. The molecule has 9 nitrogen and oxygen atoms in total. The summed E-state index contributed by atoms with van der Waals surface area (Å²) in [6, 6.07) is 0. The molecule has 0 aliphatic carbocycles. The zero-order valence-corrected chi connectivity index (χ0v) is 11.2. The number of aromatic nitrogens is 3. The van der Waals surface area contributed by atoms with Crippen LogP contribution in [-0.2, 0) is 21.4 Å². The Morgan fingerprint density at radius 2 is 2.37 bits per heavy atom. The molecule has 1 fully saturated rings. The van der Waals surface area contributed by atoms with Crippen molar-refractivity contribution in [3.05, 3.63) is 6.20 Å². The van der Waals surface area contributed by atoms with Crippen LogP contribution in [0.15, 0.2) is 6.20 Å². The molecule has 0 spiro atoms. The van der Waals surface area contributed by atoms with E-state index >= 15 is 0 Å². The number of likely N-dealkylation sites (tertiary alicyclic amines) is 1. The molecule has 1 aliphatic heterocycles. The first-order valence-corrected chi connectivity index (χ1v) is 7.56. The molecule has 0 bridgehead atoms. The van der Waals surface area contributed by atoms with Crippen LogP contribution < -0.4 is 4.72 Å². The van der Waals surface area contributed by atoms with Gasteiger partial charge in [0.15, 0.2) is 5.82 Å². The van der Waals surface area contributed by atoms with Crippen molar-refractivity contribution in [1.82, 2.24) is 19.9 Å². The number of hydrogen-bond donors (Lipinski definition) is 2. The summed E-state index contributed by atoms with van der Waals surface area (Å²) in [5, 5.41) is 17.0. The highest BCUT2D eigenvalue weighted by Crippen LogP contribution is 2.09. The van der Waals surface area contributed by atoms with Crippen molar-refractivity contribution in [2.45, 2.75) is 19.1 Å². The predicted molar refractivity (Wildman–Crippen MR) is 65.7 cm³/mol. The van der Waals surface area contributed by atoms with Gasteiger partial charge in [0.2, 0.25) is 15.9 Å². The second-order valence-corrected chi connectivity index (χ2v) is 6.17. The number of hydrogen-bond acceptors (Lipinski definition) is 6. The van der Waals surface area contributed by atoms with E-state index in [1.54, 1.807) is 0 Å². The molecule has 10 heteroatoms. The third-order valence-electron chi connectivity index (χ3n) is 2.62. The summed E-state index contributed by atoms with van der Waals surface area (Å²) in [5.41, 5.74) is 0. The van der Waals surface area contributed by atoms with E-state index in [0.717, 1.165) is 11.1 Å². The summed E-state index contributed by atoms with van der Waals surface area (Å²) >= 11 is 0. The maximum atomic E-state index is 11.8. The van der Waals surface area contributed by atoms with Gasteiger partial charge in [-0.05, 0) is 6.42 Å². The normalized spacial score (nSPS) is 19.7. The molecule has 0 aromatic carbocycles. The molecule has 1 unspecified atom stereocenters. The van der Waals surface area contributed by atoms with E-state index in [0.29, 0.717) is 19.5 Å². The Balaban J connectivity index is 1.94. The number of carbonyl (C=O) groups is 1. The molecule has 2 heterocycles. The SMILES string of the molecule is CS(=O)(=O)Nc1cnn(CC(=O)N2CCC(O)C2)n1. The van der Waals surface area contributed by atoms with Crippen LogP contribution >= 0.6 is 0 Å². The number of nitrogens with zero attached hydrogens (tertiary/aromatic N) is 4. The number of carbonyl (C=O) groups excluding carboxylic acids is 1. The number of β-amino-alcohol motifs (C(OH)–C–C–N with tert-alkyl or cyclic N) is 1. The summed E-state index contributed by atoms with van der Waals surface area (Å²) in [5.74, 6) is -0.144. The predicted octanol–water partition coefficient (Wildman–Crippen LogP) is -1.76. The minimum absolute atomic E-state index is 0.0664. The van der Waals surface area contributed by atoms with Crippen molar-refractivity contribution in [2.75, 3.05) is 24.1 Å². The third kappa shape index (κ3) is 3.89. The number of amides is 1. The third-order valence-corrected chi connectivity index (χ3v) is 3.20. The van der Waals surface area contributed by atoms with Gasteiger partial charge in [0.05, 0.1) is 18.6 Å². The minimum Gasteiger partial charge on any atom is -0.391 e. The van der Waals surface area contributed by atoms with Crippen molar-refractivity contribution in [3.8, 4) is 0 Å². The lowest BCUT2D eigenvalue weighted by atomic mass is 10.3. The van der Waals surface area contributed by atoms with Gasteiger partial charge >= 0.3 is 0 Å². The topological polar surface area (TPSA) is 117 Å². The molecular weight excluding hydrogens is 274 g/mol. The van der Waals surface area contributed by atoms with Gasteiger partial charge < -0.3 is 10.0 Å². The standard InChI is InChI=1S/C9H15N5O4S/c1-19(17,18)12-8-4-10-14(11-8)6-9(16)13-3-2-7(15)5-13/h4,7,15H,2-3,5-6H2,1H3,(H,11,12). The smallest absolute Gasteiger partial charge is 0.246 e. The highest BCUT2D eigenvalue weighted by molar-refractivity contribution is 7.92. The molecular formula is C9H15N5O4S. The van der Waals surface area contributed by atoms with E-state index in [-0.39, 0.29) is 18.3 Å². The van der Waals surface area contributed by atoms with Gasteiger partial charge in [0.1, 0.15) is 6.54 Å². The van der Waals surface area contributed by atoms with Crippen LogP contribution in [0.3, 0.4) is 0 Å². The Morgan fingerprint density at radius 3 is 2.95 bits per heavy atom. The molecule has 0 saturated carbocycles. The fourth-order valence-electron chi connectivity index (χ4n) is 1.80. The van der Waals surface area contributed by atoms with Crippen molar-refractivity contribution in [2.24, 2.45) is 0 Å². The highest BCUT2D eigenvalue weighted by atomic mass is 32.2. The Hall–Kier alpha value is -1.68. The maximum Gasteiger partial charge on any atom is 0.246 e. The zero-order chi connectivity index (χ0) is 14.0. The Bertz CT molecular complexity index is 569. The van der Waals surface area contributed by atoms with Gasteiger partial charge in [-0.3, -0.25) is 9.52 Å². The van der Waals surface area contributed by atoms with E-state index in [1.165, 1.54) is 11.1 Å². The van der Waals surface area contributed by atoms with Gasteiger partial charge in [-0.1, -0.05) is 0 Å². The van der Waals surface area contributed by atoms with Crippen LogP contribution in [0.4, 0.5) is 5.82 Å². The quantitative estimate of drug-likeness (QED) is 0.678. The number of rotatable bonds is 4.